The predicted molar refractivity (Wildman–Crippen MR) is 92.4 cm³/mol. The van der Waals surface area contributed by atoms with Crippen molar-refractivity contribution < 1.29 is 24.0 Å². The number of hydrogen-bond donors (Lipinski definition) is 1. The number of aromatic nitrogens is 1. The van der Waals surface area contributed by atoms with Gasteiger partial charge in [-0.1, -0.05) is 11.6 Å². The second kappa shape index (κ2) is 8.26. The number of methoxy groups -OCH3 is 1. The van der Waals surface area contributed by atoms with Gasteiger partial charge < -0.3 is 14.8 Å². The van der Waals surface area contributed by atoms with Crippen LogP contribution in [-0.2, 0) is 9.53 Å². The van der Waals surface area contributed by atoms with E-state index in [1.807, 2.05) is 0 Å². The molecule has 26 heavy (non-hydrogen) atoms. The number of nitro benzene ring substituents is 1. The van der Waals surface area contributed by atoms with Crippen LogP contribution in [0.4, 0.5) is 11.5 Å². The van der Waals surface area contributed by atoms with Crippen LogP contribution in [-0.4, -0.2) is 35.0 Å². The maximum absolute atomic E-state index is 12.3. The molecule has 1 heterocycles. The largest absolute Gasteiger partial charge is 0.496 e. The second-order valence-electron chi connectivity index (χ2n) is 5.04. The van der Waals surface area contributed by atoms with Gasteiger partial charge in [0.25, 0.3) is 11.6 Å². The van der Waals surface area contributed by atoms with Gasteiger partial charge in [0.2, 0.25) is 0 Å². The molecule has 2 rings (SSSR count). The first-order valence-corrected chi connectivity index (χ1v) is 7.65. The van der Waals surface area contributed by atoms with E-state index in [4.69, 9.17) is 21.1 Å². The number of nitrogens with zero attached hydrogens (tertiary/aromatic N) is 2. The highest BCUT2D eigenvalue weighted by molar-refractivity contribution is 6.30. The fourth-order valence-electron chi connectivity index (χ4n) is 1.92. The minimum atomic E-state index is -1.18. The smallest absolute Gasteiger partial charge is 0.342 e. The number of nitrogens with one attached hydrogen (secondary N) is 1. The standard InChI is InChI=1S/C16H14ClN3O6/c1-9(15(21)19-14-6-3-10(17)8-18-14)26-16(22)12-7-11(20(23)24)4-5-13(12)25-2/h3-9H,1-2H3,(H,18,19,21)/t9-/m1/s1. The van der Waals surface area contributed by atoms with Crippen molar-refractivity contribution in [1.29, 1.82) is 0 Å². The molecule has 0 bridgehead atoms. The SMILES string of the molecule is COc1ccc([N+](=O)[O-])cc1C(=O)O[C@H](C)C(=O)Nc1ccc(Cl)cn1. The number of rotatable bonds is 6. The summed E-state index contributed by atoms with van der Waals surface area (Å²) in [6.45, 7) is 1.35. The van der Waals surface area contributed by atoms with Crippen molar-refractivity contribution in [2.45, 2.75) is 13.0 Å². The van der Waals surface area contributed by atoms with Gasteiger partial charge in [-0.25, -0.2) is 9.78 Å². The fourth-order valence-corrected chi connectivity index (χ4v) is 2.04. The highest BCUT2D eigenvalue weighted by Gasteiger charge is 2.23. The lowest BCUT2D eigenvalue weighted by Crippen LogP contribution is -2.30. The van der Waals surface area contributed by atoms with Gasteiger partial charge in [-0.3, -0.25) is 14.9 Å². The van der Waals surface area contributed by atoms with E-state index in [0.29, 0.717) is 5.02 Å². The lowest BCUT2D eigenvalue weighted by atomic mass is 10.1. The third-order valence-corrected chi connectivity index (χ3v) is 3.47. The highest BCUT2D eigenvalue weighted by Crippen LogP contribution is 2.25. The Hall–Kier alpha value is -3.20. The number of amides is 1. The summed E-state index contributed by atoms with van der Waals surface area (Å²) in [4.78, 5) is 38.5. The van der Waals surface area contributed by atoms with E-state index < -0.39 is 22.9 Å². The van der Waals surface area contributed by atoms with Crippen molar-refractivity contribution in [3.8, 4) is 5.75 Å². The van der Waals surface area contributed by atoms with Gasteiger partial charge in [-0.15, -0.1) is 0 Å². The molecule has 0 fully saturated rings. The van der Waals surface area contributed by atoms with Gasteiger partial charge in [0.1, 0.15) is 17.1 Å². The van der Waals surface area contributed by atoms with Crippen molar-refractivity contribution in [1.82, 2.24) is 4.98 Å². The van der Waals surface area contributed by atoms with Crippen molar-refractivity contribution in [3.63, 3.8) is 0 Å². The summed E-state index contributed by atoms with van der Waals surface area (Å²) in [5, 5.41) is 13.7. The van der Waals surface area contributed by atoms with Crippen LogP contribution in [0, 0.1) is 10.1 Å². The number of esters is 1. The molecule has 0 unspecified atom stereocenters. The zero-order chi connectivity index (χ0) is 19.3. The van der Waals surface area contributed by atoms with E-state index in [-0.39, 0.29) is 22.8 Å². The average Bonchev–Trinajstić information content (AvgIpc) is 2.62. The number of ether oxygens (including phenoxy) is 2. The third-order valence-electron chi connectivity index (χ3n) is 3.25. The van der Waals surface area contributed by atoms with Gasteiger partial charge in [0.05, 0.1) is 17.1 Å². The summed E-state index contributed by atoms with van der Waals surface area (Å²) < 4.78 is 10.1. The number of halogens is 1. The zero-order valence-electron chi connectivity index (χ0n) is 13.8. The van der Waals surface area contributed by atoms with Crippen LogP contribution >= 0.6 is 11.6 Å². The van der Waals surface area contributed by atoms with Crippen molar-refractivity contribution in [3.05, 3.63) is 57.2 Å². The Bertz CT molecular complexity index is 840. The summed E-state index contributed by atoms with van der Waals surface area (Å²) in [5.74, 6) is -1.24. The van der Waals surface area contributed by atoms with Crippen LogP contribution in [0.25, 0.3) is 0 Å². The first-order chi connectivity index (χ1) is 12.3. The summed E-state index contributed by atoms with van der Waals surface area (Å²) in [7, 11) is 1.31. The summed E-state index contributed by atoms with van der Waals surface area (Å²) in [6, 6.07) is 6.51. The summed E-state index contributed by atoms with van der Waals surface area (Å²) in [5.41, 5.74) is -0.466. The highest BCUT2D eigenvalue weighted by atomic mass is 35.5. The Morgan fingerprint density at radius 2 is 2.04 bits per heavy atom. The average molecular weight is 380 g/mol. The Labute approximate surface area is 153 Å². The molecule has 1 aromatic heterocycles. The lowest BCUT2D eigenvalue weighted by molar-refractivity contribution is -0.384. The Morgan fingerprint density at radius 3 is 2.62 bits per heavy atom. The number of carbonyl (C=O) groups is 2. The fraction of sp³-hybridized carbons (Fsp3) is 0.188. The van der Waals surface area contributed by atoms with E-state index in [0.717, 1.165) is 6.07 Å². The number of carbonyl (C=O) groups excluding carboxylic acids is 2. The van der Waals surface area contributed by atoms with Gasteiger partial charge in [0, 0.05) is 18.3 Å². The van der Waals surface area contributed by atoms with Crippen molar-refractivity contribution in [2.24, 2.45) is 0 Å². The predicted octanol–water partition coefficient (Wildman–Crippen LogP) is 2.84. The molecule has 9 nitrogen and oxygen atoms in total. The molecule has 0 radical (unpaired) electrons. The third kappa shape index (κ3) is 4.67. The van der Waals surface area contributed by atoms with E-state index >= 15 is 0 Å². The molecule has 1 atom stereocenters. The maximum atomic E-state index is 12.3. The van der Waals surface area contributed by atoms with Gasteiger partial charge in [0.15, 0.2) is 6.10 Å². The van der Waals surface area contributed by atoms with Crippen molar-refractivity contribution >= 4 is 35.0 Å². The molecular formula is C16H14ClN3O6. The number of benzene rings is 1. The second-order valence-corrected chi connectivity index (χ2v) is 5.48. The molecule has 136 valence electrons. The van der Waals surface area contributed by atoms with Gasteiger partial charge >= 0.3 is 5.97 Å². The summed E-state index contributed by atoms with van der Waals surface area (Å²) in [6.07, 6.45) is 0.172. The van der Waals surface area contributed by atoms with E-state index in [1.165, 1.54) is 44.5 Å². The molecule has 0 spiro atoms. The van der Waals surface area contributed by atoms with Crippen LogP contribution in [0.3, 0.4) is 0 Å². The Kier molecular flexibility index (Phi) is 6.07. The van der Waals surface area contributed by atoms with Crippen LogP contribution < -0.4 is 10.1 Å². The van der Waals surface area contributed by atoms with Gasteiger partial charge in [-0.05, 0) is 25.1 Å². The molecule has 0 aliphatic heterocycles. The molecule has 0 aliphatic rings. The first kappa shape index (κ1) is 19.1. The quantitative estimate of drug-likeness (QED) is 0.465. The first-order valence-electron chi connectivity index (χ1n) is 7.27. The Morgan fingerprint density at radius 1 is 1.31 bits per heavy atom. The van der Waals surface area contributed by atoms with Crippen LogP contribution in [0.5, 0.6) is 5.75 Å². The van der Waals surface area contributed by atoms with E-state index in [1.54, 1.807) is 0 Å². The number of hydrogen-bond acceptors (Lipinski definition) is 7. The topological polar surface area (TPSA) is 121 Å². The molecule has 1 N–H and O–H groups in total. The normalized spacial score (nSPS) is 11.3. The molecule has 2 aromatic rings. The van der Waals surface area contributed by atoms with E-state index in [9.17, 15) is 19.7 Å². The number of pyridine rings is 1. The van der Waals surface area contributed by atoms with Crippen LogP contribution in [0.15, 0.2) is 36.5 Å². The minimum Gasteiger partial charge on any atom is -0.496 e. The van der Waals surface area contributed by atoms with Crippen molar-refractivity contribution in [2.75, 3.05) is 12.4 Å². The summed E-state index contributed by atoms with van der Waals surface area (Å²) >= 11 is 5.71. The molecule has 0 aliphatic carbocycles. The van der Waals surface area contributed by atoms with E-state index in [2.05, 4.69) is 10.3 Å². The molecule has 0 saturated carbocycles. The Balaban J connectivity index is 2.10. The van der Waals surface area contributed by atoms with Gasteiger partial charge in [-0.2, -0.15) is 0 Å². The molecule has 1 aromatic carbocycles. The minimum absolute atomic E-state index is 0.0903. The lowest BCUT2D eigenvalue weighted by Gasteiger charge is -2.14. The molecule has 10 heteroatoms. The number of nitro groups is 1. The van der Waals surface area contributed by atoms with Crippen LogP contribution in [0.2, 0.25) is 5.02 Å². The molecule has 1 amide bonds. The van der Waals surface area contributed by atoms with Crippen LogP contribution in [0.1, 0.15) is 17.3 Å². The monoisotopic (exact) mass is 379 g/mol. The molecular weight excluding hydrogens is 366 g/mol. The zero-order valence-corrected chi connectivity index (χ0v) is 14.5. The number of non-ortho nitro benzene ring substituents is 1. The molecule has 0 saturated heterocycles. The maximum Gasteiger partial charge on any atom is 0.342 e. The number of anilines is 1.